The highest BCUT2D eigenvalue weighted by Gasteiger charge is 1.98. The van der Waals surface area contributed by atoms with Gasteiger partial charge < -0.3 is 15.6 Å². The number of aliphatic hydroxyl groups excluding tert-OH is 1. The van der Waals surface area contributed by atoms with E-state index in [1.807, 2.05) is 48.5 Å². The molecule has 3 nitrogen and oxygen atoms in total. The van der Waals surface area contributed by atoms with E-state index in [0.717, 1.165) is 22.6 Å². The fraction of sp³-hybridized carbons (Fsp3) is 0.200. The second-order valence-electron chi connectivity index (χ2n) is 4.07. The van der Waals surface area contributed by atoms with Gasteiger partial charge in [-0.15, -0.1) is 0 Å². The molecule has 0 atom stereocenters. The van der Waals surface area contributed by atoms with Crippen molar-refractivity contribution in [2.45, 2.75) is 13.0 Å². The first kappa shape index (κ1) is 12.6. The Balaban J connectivity index is 2.03. The predicted molar refractivity (Wildman–Crippen MR) is 71.6 cm³/mol. The van der Waals surface area contributed by atoms with E-state index in [2.05, 4.69) is 0 Å². The molecule has 0 aliphatic heterocycles. The van der Waals surface area contributed by atoms with Gasteiger partial charge in [0.1, 0.15) is 11.5 Å². The second kappa shape index (κ2) is 6.19. The third-order valence-electron chi connectivity index (χ3n) is 2.72. The molecule has 94 valence electrons. The zero-order valence-corrected chi connectivity index (χ0v) is 10.2. The average molecular weight is 243 g/mol. The molecule has 2 aromatic rings. The molecule has 3 heteroatoms. The molecule has 0 aliphatic carbocycles. The van der Waals surface area contributed by atoms with E-state index in [0.29, 0.717) is 13.0 Å². The standard InChI is InChI=1S/C15H17NO2/c16-11-13-3-7-15(8-4-13)18-14-5-1-12(2-6-14)9-10-17/h1-8,17H,9-11,16H2. The van der Waals surface area contributed by atoms with Crippen molar-refractivity contribution in [3.63, 3.8) is 0 Å². The first-order valence-corrected chi connectivity index (χ1v) is 5.98. The van der Waals surface area contributed by atoms with Gasteiger partial charge in [-0.1, -0.05) is 24.3 Å². The quantitative estimate of drug-likeness (QED) is 0.848. The van der Waals surface area contributed by atoms with Gasteiger partial charge in [-0.05, 0) is 41.8 Å². The van der Waals surface area contributed by atoms with Crippen LogP contribution in [0.2, 0.25) is 0 Å². The van der Waals surface area contributed by atoms with Crippen LogP contribution in [0.15, 0.2) is 48.5 Å². The lowest BCUT2D eigenvalue weighted by Gasteiger charge is -2.07. The Hall–Kier alpha value is -1.84. The highest BCUT2D eigenvalue weighted by molar-refractivity contribution is 5.34. The molecule has 0 bridgehead atoms. The van der Waals surface area contributed by atoms with Crippen molar-refractivity contribution in [1.29, 1.82) is 0 Å². The molecule has 0 saturated heterocycles. The molecule has 3 N–H and O–H groups in total. The number of hydrogen-bond acceptors (Lipinski definition) is 3. The molecular formula is C15H17NO2. The number of benzene rings is 2. The fourth-order valence-electron chi connectivity index (χ4n) is 1.68. The zero-order valence-electron chi connectivity index (χ0n) is 10.2. The van der Waals surface area contributed by atoms with Crippen LogP contribution in [0.4, 0.5) is 0 Å². The molecule has 0 radical (unpaired) electrons. The molecule has 0 fully saturated rings. The van der Waals surface area contributed by atoms with Crippen molar-refractivity contribution in [3.8, 4) is 11.5 Å². The number of nitrogens with two attached hydrogens (primary N) is 1. The molecule has 0 heterocycles. The lowest BCUT2D eigenvalue weighted by atomic mass is 10.1. The van der Waals surface area contributed by atoms with E-state index in [1.165, 1.54) is 0 Å². The molecule has 2 rings (SSSR count). The third kappa shape index (κ3) is 3.32. The van der Waals surface area contributed by atoms with Crippen LogP contribution in [0.5, 0.6) is 11.5 Å². The summed E-state index contributed by atoms with van der Waals surface area (Å²) in [4.78, 5) is 0. The highest BCUT2D eigenvalue weighted by atomic mass is 16.5. The normalized spacial score (nSPS) is 10.3. The first-order valence-electron chi connectivity index (χ1n) is 5.98. The van der Waals surface area contributed by atoms with Crippen molar-refractivity contribution >= 4 is 0 Å². The Labute approximate surface area is 107 Å². The Morgan fingerprint density at radius 3 is 1.78 bits per heavy atom. The Bertz CT molecular complexity index is 477. The van der Waals surface area contributed by atoms with Gasteiger partial charge in [-0.25, -0.2) is 0 Å². The predicted octanol–water partition coefficient (Wildman–Crippen LogP) is 2.47. The van der Waals surface area contributed by atoms with Crippen molar-refractivity contribution in [1.82, 2.24) is 0 Å². The maximum absolute atomic E-state index is 8.83. The SMILES string of the molecule is NCc1ccc(Oc2ccc(CCO)cc2)cc1. The van der Waals surface area contributed by atoms with Crippen molar-refractivity contribution < 1.29 is 9.84 Å². The number of rotatable bonds is 5. The minimum Gasteiger partial charge on any atom is -0.457 e. The summed E-state index contributed by atoms with van der Waals surface area (Å²) in [6, 6.07) is 15.4. The van der Waals surface area contributed by atoms with Gasteiger partial charge in [-0.2, -0.15) is 0 Å². The minimum atomic E-state index is 0.167. The topological polar surface area (TPSA) is 55.5 Å². The van der Waals surface area contributed by atoms with Gasteiger partial charge in [0.15, 0.2) is 0 Å². The van der Waals surface area contributed by atoms with Crippen LogP contribution in [-0.2, 0) is 13.0 Å². The number of aliphatic hydroxyl groups is 1. The molecule has 0 amide bonds. The van der Waals surface area contributed by atoms with Crippen LogP contribution in [0.3, 0.4) is 0 Å². The van der Waals surface area contributed by atoms with E-state index >= 15 is 0 Å². The van der Waals surface area contributed by atoms with Crippen LogP contribution in [0.25, 0.3) is 0 Å². The molecule has 0 saturated carbocycles. The molecular weight excluding hydrogens is 226 g/mol. The van der Waals surface area contributed by atoms with Gasteiger partial charge in [0.05, 0.1) is 0 Å². The molecule has 0 aromatic heterocycles. The number of ether oxygens (including phenoxy) is 1. The van der Waals surface area contributed by atoms with Crippen LogP contribution in [-0.4, -0.2) is 11.7 Å². The molecule has 0 spiro atoms. The molecule has 0 aliphatic rings. The zero-order chi connectivity index (χ0) is 12.8. The summed E-state index contributed by atoms with van der Waals surface area (Å²) in [5.41, 5.74) is 7.72. The van der Waals surface area contributed by atoms with Gasteiger partial charge in [0.2, 0.25) is 0 Å². The van der Waals surface area contributed by atoms with Crippen LogP contribution >= 0.6 is 0 Å². The van der Waals surface area contributed by atoms with Crippen LogP contribution < -0.4 is 10.5 Å². The summed E-state index contributed by atoms with van der Waals surface area (Å²) in [6.07, 6.45) is 0.672. The Morgan fingerprint density at radius 1 is 0.833 bits per heavy atom. The third-order valence-corrected chi connectivity index (χ3v) is 2.72. The monoisotopic (exact) mass is 243 g/mol. The van der Waals surface area contributed by atoms with Crippen molar-refractivity contribution in [2.75, 3.05) is 6.61 Å². The summed E-state index contributed by atoms with van der Waals surface area (Å²) in [6.45, 7) is 0.705. The van der Waals surface area contributed by atoms with E-state index < -0.39 is 0 Å². The molecule has 18 heavy (non-hydrogen) atoms. The van der Waals surface area contributed by atoms with Crippen molar-refractivity contribution in [3.05, 3.63) is 59.7 Å². The summed E-state index contributed by atoms with van der Waals surface area (Å²) < 4.78 is 5.71. The van der Waals surface area contributed by atoms with E-state index in [-0.39, 0.29) is 6.61 Å². The highest BCUT2D eigenvalue weighted by Crippen LogP contribution is 2.22. The van der Waals surface area contributed by atoms with E-state index in [1.54, 1.807) is 0 Å². The summed E-state index contributed by atoms with van der Waals surface area (Å²) in [5.74, 6) is 1.58. The Kier molecular flexibility index (Phi) is 4.34. The largest absolute Gasteiger partial charge is 0.457 e. The second-order valence-corrected chi connectivity index (χ2v) is 4.07. The van der Waals surface area contributed by atoms with Gasteiger partial charge in [0.25, 0.3) is 0 Å². The van der Waals surface area contributed by atoms with Crippen molar-refractivity contribution in [2.24, 2.45) is 5.73 Å². The first-order chi connectivity index (χ1) is 8.81. The smallest absolute Gasteiger partial charge is 0.127 e. The molecule has 2 aromatic carbocycles. The van der Waals surface area contributed by atoms with Gasteiger partial charge in [0, 0.05) is 13.2 Å². The summed E-state index contributed by atoms with van der Waals surface area (Å²) in [7, 11) is 0. The van der Waals surface area contributed by atoms with E-state index in [4.69, 9.17) is 15.6 Å². The maximum atomic E-state index is 8.83. The maximum Gasteiger partial charge on any atom is 0.127 e. The Morgan fingerprint density at radius 2 is 1.33 bits per heavy atom. The average Bonchev–Trinajstić information content (AvgIpc) is 2.42. The minimum absolute atomic E-state index is 0.167. The molecule has 0 unspecified atom stereocenters. The fourth-order valence-corrected chi connectivity index (χ4v) is 1.68. The van der Waals surface area contributed by atoms with Gasteiger partial charge >= 0.3 is 0 Å². The lowest BCUT2D eigenvalue weighted by molar-refractivity contribution is 0.299. The summed E-state index contributed by atoms with van der Waals surface area (Å²) >= 11 is 0. The number of hydrogen-bond donors (Lipinski definition) is 2. The van der Waals surface area contributed by atoms with Gasteiger partial charge in [-0.3, -0.25) is 0 Å². The van der Waals surface area contributed by atoms with Crippen LogP contribution in [0.1, 0.15) is 11.1 Å². The van der Waals surface area contributed by atoms with E-state index in [9.17, 15) is 0 Å². The lowest BCUT2D eigenvalue weighted by Crippen LogP contribution is -1.95. The van der Waals surface area contributed by atoms with Crippen LogP contribution in [0, 0.1) is 0 Å². The summed E-state index contributed by atoms with van der Waals surface area (Å²) in [5, 5.41) is 8.83.